The number of amides is 1. The van der Waals surface area contributed by atoms with Crippen LogP contribution in [-0.2, 0) is 4.79 Å². The largest absolute Gasteiger partial charge is 0.353 e. The van der Waals surface area contributed by atoms with Crippen LogP contribution in [-0.4, -0.2) is 29.3 Å². The highest BCUT2D eigenvalue weighted by atomic mass is 79.9. The molecule has 0 aliphatic heterocycles. The predicted molar refractivity (Wildman–Crippen MR) is 70.7 cm³/mol. The molecule has 1 amide bonds. The van der Waals surface area contributed by atoms with Crippen molar-refractivity contribution < 1.29 is 4.79 Å². The van der Waals surface area contributed by atoms with Crippen LogP contribution in [0.3, 0.4) is 0 Å². The van der Waals surface area contributed by atoms with Crippen LogP contribution in [0.2, 0.25) is 0 Å². The van der Waals surface area contributed by atoms with E-state index in [0.717, 1.165) is 17.5 Å². The Bertz CT molecular complexity index is 201. The number of rotatable bonds is 5. The number of halogens is 1. The normalized spacial score (nSPS) is 26.3. The monoisotopic (exact) mass is 293 g/mol. The van der Waals surface area contributed by atoms with Gasteiger partial charge >= 0.3 is 0 Å². The van der Waals surface area contributed by atoms with Crippen molar-refractivity contribution in [3.63, 3.8) is 0 Å². The second kappa shape index (κ2) is 7.55. The molecule has 2 nitrogen and oxygen atoms in total. The van der Waals surface area contributed by atoms with Crippen LogP contribution in [0.5, 0.6) is 0 Å². The molecule has 2 unspecified atom stereocenters. The van der Waals surface area contributed by atoms with Crippen molar-refractivity contribution in [2.45, 2.75) is 38.1 Å². The number of alkyl halides is 1. The molecule has 1 aliphatic rings. The molecule has 0 aromatic rings. The number of hydrogen-bond acceptors (Lipinski definition) is 2. The lowest BCUT2D eigenvalue weighted by atomic mass is 9.86. The number of thioether (sulfide) groups is 1. The molecule has 0 spiro atoms. The molecule has 1 aliphatic carbocycles. The van der Waals surface area contributed by atoms with E-state index in [0.29, 0.717) is 18.4 Å². The molecule has 1 rings (SSSR count). The van der Waals surface area contributed by atoms with Gasteiger partial charge in [-0.05, 0) is 25.0 Å². The molecule has 4 heteroatoms. The average molecular weight is 294 g/mol. The van der Waals surface area contributed by atoms with E-state index in [2.05, 4.69) is 21.2 Å². The molecule has 0 heterocycles. The van der Waals surface area contributed by atoms with Gasteiger partial charge in [0.1, 0.15) is 0 Å². The van der Waals surface area contributed by atoms with Crippen molar-refractivity contribution in [2.24, 2.45) is 5.92 Å². The zero-order valence-corrected chi connectivity index (χ0v) is 11.7. The molecule has 1 fully saturated rings. The second-order valence-corrected chi connectivity index (χ2v) is 5.75. The van der Waals surface area contributed by atoms with Crippen LogP contribution < -0.4 is 5.32 Å². The number of carbonyl (C=O) groups excluding carboxylic acids is 1. The number of nitrogens with one attached hydrogen (secondary N) is 1. The smallest absolute Gasteiger partial charge is 0.221 e. The number of hydrogen-bond donors (Lipinski definition) is 1. The Morgan fingerprint density at radius 2 is 2.20 bits per heavy atom. The molecule has 1 N–H and O–H groups in total. The van der Waals surface area contributed by atoms with Crippen molar-refractivity contribution in [3.8, 4) is 0 Å². The van der Waals surface area contributed by atoms with Gasteiger partial charge in [0, 0.05) is 23.5 Å². The summed E-state index contributed by atoms with van der Waals surface area (Å²) in [6, 6.07) is 0.410. The minimum absolute atomic E-state index is 0.224. The molecule has 88 valence electrons. The Hall–Kier alpha value is 0.300. The minimum atomic E-state index is 0.224. The lowest BCUT2D eigenvalue weighted by Crippen LogP contribution is -2.42. The van der Waals surface area contributed by atoms with Gasteiger partial charge in [-0.3, -0.25) is 4.79 Å². The zero-order chi connectivity index (χ0) is 11.1. The van der Waals surface area contributed by atoms with Crippen molar-refractivity contribution >= 4 is 33.6 Å². The van der Waals surface area contributed by atoms with Crippen LogP contribution in [0.1, 0.15) is 32.1 Å². The van der Waals surface area contributed by atoms with Gasteiger partial charge < -0.3 is 5.32 Å². The third kappa shape index (κ3) is 4.77. The summed E-state index contributed by atoms with van der Waals surface area (Å²) in [4.78, 5) is 11.6. The molecule has 0 bridgehead atoms. The molecule has 0 radical (unpaired) electrons. The standard InChI is InChI=1S/C11H20BrNOS/c1-15-7-6-11(14)13-10-5-3-2-4-9(10)8-12/h9-10H,2-8H2,1H3,(H,13,14). The van der Waals surface area contributed by atoms with E-state index >= 15 is 0 Å². The molecule has 2 atom stereocenters. The summed E-state index contributed by atoms with van der Waals surface area (Å²) in [7, 11) is 0. The van der Waals surface area contributed by atoms with Gasteiger partial charge in [-0.15, -0.1) is 0 Å². The second-order valence-electron chi connectivity index (χ2n) is 4.12. The van der Waals surface area contributed by atoms with E-state index in [1.807, 2.05) is 6.26 Å². The van der Waals surface area contributed by atoms with E-state index in [4.69, 9.17) is 0 Å². The Kier molecular flexibility index (Phi) is 6.73. The maximum absolute atomic E-state index is 11.6. The fraction of sp³-hybridized carbons (Fsp3) is 0.909. The maximum atomic E-state index is 11.6. The van der Waals surface area contributed by atoms with E-state index < -0.39 is 0 Å². The van der Waals surface area contributed by atoms with Gasteiger partial charge in [-0.1, -0.05) is 28.8 Å². The van der Waals surface area contributed by atoms with Crippen LogP contribution in [0, 0.1) is 5.92 Å². The Labute approximate surface area is 105 Å². The highest BCUT2D eigenvalue weighted by molar-refractivity contribution is 9.09. The van der Waals surface area contributed by atoms with Gasteiger partial charge in [0.25, 0.3) is 0 Å². The Balaban J connectivity index is 2.30. The highest BCUT2D eigenvalue weighted by Crippen LogP contribution is 2.25. The van der Waals surface area contributed by atoms with Crippen LogP contribution in [0.15, 0.2) is 0 Å². The first-order valence-corrected chi connectivity index (χ1v) is 8.13. The summed E-state index contributed by atoms with van der Waals surface area (Å²) in [6.07, 6.45) is 7.67. The molecule has 0 aromatic heterocycles. The van der Waals surface area contributed by atoms with Gasteiger partial charge in [0.2, 0.25) is 5.91 Å². The van der Waals surface area contributed by atoms with Gasteiger partial charge in [-0.25, -0.2) is 0 Å². The third-order valence-corrected chi connectivity index (χ3v) is 4.43. The van der Waals surface area contributed by atoms with E-state index in [1.165, 1.54) is 19.3 Å². The molecule has 1 saturated carbocycles. The van der Waals surface area contributed by atoms with Gasteiger partial charge in [0.15, 0.2) is 0 Å². The Morgan fingerprint density at radius 3 is 2.87 bits per heavy atom. The van der Waals surface area contributed by atoms with E-state index in [1.54, 1.807) is 11.8 Å². The summed E-state index contributed by atoms with van der Waals surface area (Å²) < 4.78 is 0. The first-order valence-electron chi connectivity index (χ1n) is 5.62. The fourth-order valence-corrected chi connectivity index (χ4v) is 3.22. The summed E-state index contributed by atoms with van der Waals surface area (Å²) in [5.41, 5.74) is 0. The molecule has 15 heavy (non-hydrogen) atoms. The summed E-state index contributed by atoms with van der Waals surface area (Å²) in [5, 5.41) is 4.19. The summed E-state index contributed by atoms with van der Waals surface area (Å²) in [5.74, 6) is 1.79. The topological polar surface area (TPSA) is 29.1 Å². The molecule has 0 aromatic carbocycles. The van der Waals surface area contributed by atoms with Gasteiger partial charge in [0.05, 0.1) is 0 Å². The molecular weight excluding hydrogens is 274 g/mol. The zero-order valence-electron chi connectivity index (χ0n) is 9.30. The quantitative estimate of drug-likeness (QED) is 0.790. The van der Waals surface area contributed by atoms with Crippen molar-refractivity contribution in [3.05, 3.63) is 0 Å². The van der Waals surface area contributed by atoms with Crippen LogP contribution in [0.25, 0.3) is 0 Å². The van der Waals surface area contributed by atoms with Crippen LogP contribution >= 0.6 is 27.7 Å². The highest BCUT2D eigenvalue weighted by Gasteiger charge is 2.25. The number of carbonyl (C=O) groups is 1. The van der Waals surface area contributed by atoms with E-state index in [9.17, 15) is 4.79 Å². The third-order valence-electron chi connectivity index (χ3n) is 2.99. The average Bonchev–Trinajstić information content (AvgIpc) is 2.27. The fourth-order valence-electron chi connectivity index (χ4n) is 2.06. The van der Waals surface area contributed by atoms with Crippen molar-refractivity contribution in [2.75, 3.05) is 17.3 Å². The van der Waals surface area contributed by atoms with Crippen molar-refractivity contribution in [1.82, 2.24) is 5.32 Å². The lowest BCUT2D eigenvalue weighted by Gasteiger charge is -2.30. The summed E-state index contributed by atoms with van der Waals surface area (Å²) in [6.45, 7) is 0. The first kappa shape index (κ1) is 13.4. The molecule has 0 saturated heterocycles. The Morgan fingerprint density at radius 1 is 1.47 bits per heavy atom. The first-order chi connectivity index (χ1) is 7.27. The van der Waals surface area contributed by atoms with Crippen LogP contribution in [0.4, 0.5) is 0 Å². The summed E-state index contributed by atoms with van der Waals surface area (Å²) >= 11 is 5.27. The lowest BCUT2D eigenvalue weighted by molar-refractivity contribution is -0.121. The minimum Gasteiger partial charge on any atom is -0.353 e. The van der Waals surface area contributed by atoms with Crippen molar-refractivity contribution in [1.29, 1.82) is 0 Å². The SMILES string of the molecule is CSCCC(=O)NC1CCCCC1CBr. The maximum Gasteiger partial charge on any atom is 0.221 e. The molecular formula is C11H20BrNOS. The van der Waals surface area contributed by atoms with Gasteiger partial charge in [-0.2, -0.15) is 11.8 Å². The predicted octanol–water partition coefficient (Wildman–Crippen LogP) is 2.81. The van der Waals surface area contributed by atoms with E-state index in [-0.39, 0.29) is 5.91 Å².